The van der Waals surface area contributed by atoms with Gasteiger partial charge < -0.3 is 4.74 Å². The Morgan fingerprint density at radius 2 is 1.75 bits per heavy atom. The lowest BCUT2D eigenvalue weighted by Gasteiger charge is -2.17. The Balaban J connectivity index is 1.76. The first-order valence-corrected chi connectivity index (χ1v) is 15.7. The van der Waals surface area contributed by atoms with Crippen LogP contribution in [0.25, 0.3) is 22.0 Å². The minimum atomic E-state index is -3.79. The van der Waals surface area contributed by atoms with Crippen LogP contribution in [0.3, 0.4) is 0 Å². The molecule has 0 aliphatic heterocycles. The van der Waals surface area contributed by atoms with Gasteiger partial charge in [-0.15, -0.1) is 0 Å². The molecule has 4 rings (SSSR count). The molecule has 2 aromatic carbocycles. The summed E-state index contributed by atoms with van der Waals surface area (Å²) in [5.74, 6) is 0. The fraction of sp³-hybridized carbons (Fsp3) is 0.250. The smallest absolute Gasteiger partial charge is 0.240 e. The first-order valence-electron chi connectivity index (χ1n) is 10.5. The van der Waals surface area contributed by atoms with Gasteiger partial charge in [-0.2, -0.15) is 0 Å². The predicted molar refractivity (Wildman–Crippen MR) is 129 cm³/mol. The van der Waals surface area contributed by atoms with Crippen molar-refractivity contribution in [2.45, 2.75) is 42.5 Å². The van der Waals surface area contributed by atoms with Crippen LogP contribution in [-0.4, -0.2) is 37.6 Å². The molecule has 0 atom stereocenters. The van der Waals surface area contributed by atoms with Crippen LogP contribution >= 0.6 is 0 Å². The monoisotopic (exact) mass is 465 g/mol. The van der Waals surface area contributed by atoms with E-state index in [0.29, 0.717) is 12.3 Å². The van der Waals surface area contributed by atoms with Crippen LogP contribution in [0.5, 0.6) is 0 Å². The van der Waals surface area contributed by atoms with Gasteiger partial charge in [-0.1, -0.05) is 50.0 Å². The highest BCUT2D eigenvalue weighted by atomic mass is 32.2. The van der Waals surface area contributed by atoms with Gasteiger partial charge in [0, 0.05) is 38.0 Å². The van der Waals surface area contributed by atoms with E-state index in [1.54, 1.807) is 53.5 Å². The van der Waals surface area contributed by atoms with E-state index < -0.39 is 17.9 Å². The topological polar surface area (TPSA) is 74.1 Å². The van der Waals surface area contributed by atoms with Gasteiger partial charge in [0.05, 0.1) is 16.8 Å². The molecule has 2 heterocycles. The standard InChI is InChI=1S/C24H27N3O3SSi/c1-32(2,3)14-13-30-18-27-23(20-9-10-21-16-25-12-11-19(21)15-20)17-26-24(27)31(28,29)22-7-5-4-6-8-22/h4-12,15-17H,13-14,18H2,1-3H3. The van der Waals surface area contributed by atoms with E-state index in [4.69, 9.17) is 4.74 Å². The fourth-order valence-corrected chi connectivity index (χ4v) is 5.53. The molecule has 166 valence electrons. The number of imidazole rings is 1. The molecule has 32 heavy (non-hydrogen) atoms. The second-order valence-electron chi connectivity index (χ2n) is 8.96. The molecule has 0 spiro atoms. The Morgan fingerprint density at radius 1 is 0.969 bits per heavy atom. The maximum atomic E-state index is 13.4. The number of sulfone groups is 1. The van der Waals surface area contributed by atoms with Crippen molar-refractivity contribution in [2.24, 2.45) is 0 Å². The van der Waals surface area contributed by atoms with Gasteiger partial charge in [-0.05, 0) is 35.7 Å². The zero-order chi connectivity index (χ0) is 22.8. The number of benzene rings is 2. The molecule has 0 saturated carbocycles. The Bertz CT molecular complexity index is 1330. The minimum absolute atomic E-state index is 0.0125. The molecule has 0 aliphatic carbocycles. The van der Waals surface area contributed by atoms with Crippen LogP contribution in [0.2, 0.25) is 25.7 Å². The molecule has 0 saturated heterocycles. The molecular formula is C24H27N3O3SSi. The SMILES string of the molecule is C[Si](C)(C)CCOCn1c(-c2ccc3cnccc3c2)cnc1S(=O)(=O)c1ccccc1. The highest BCUT2D eigenvalue weighted by Crippen LogP contribution is 2.29. The van der Waals surface area contributed by atoms with E-state index in [2.05, 4.69) is 29.6 Å². The van der Waals surface area contributed by atoms with E-state index in [9.17, 15) is 8.42 Å². The van der Waals surface area contributed by atoms with E-state index in [-0.39, 0.29) is 16.8 Å². The number of aromatic nitrogens is 3. The number of ether oxygens (including phenoxy) is 1. The molecule has 4 aromatic rings. The van der Waals surface area contributed by atoms with Crippen molar-refractivity contribution in [3.63, 3.8) is 0 Å². The Morgan fingerprint density at radius 3 is 2.50 bits per heavy atom. The van der Waals surface area contributed by atoms with Crippen molar-refractivity contribution < 1.29 is 13.2 Å². The highest BCUT2D eigenvalue weighted by molar-refractivity contribution is 7.91. The van der Waals surface area contributed by atoms with Crippen LogP contribution in [0.4, 0.5) is 0 Å². The van der Waals surface area contributed by atoms with Crippen LogP contribution in [0.15, 0.2) is 83.2 Å². The number of nitrogens with zero attached hydrogens (tertiary/aromatic N) is 3. The average molecular weight is 466 g/mol. The molecule has 0 fully saturated rings. The van der Waals surface area contributed by atoms with Crippen molar-refractivity contribution in [3.8, 4) is 11.3 Å². The van der Waals surface area contributed by atoms with E-state index in [1.807, 2.05) is 24.3 Å². The normalized spacial score (nSPS) is 12.3. The fourth-order valence-electron chi connectivity index (χ4n) is 3.41. The van der Waals surface area contributed by atoms with Gasteiger partial charge in [0.15, 0.2) is 0 Å². The summed E-state index contributed by atoms with van der Waals surface area (Å²) in [4.78, 5) is 8.71. The molecule has 0 amide bonds. The molecule has 0 N–H and O–H groups in total. The maximum absolute atomic E-state index is 13.4. The van der Waals surface area contributed by atoms with E-state index >= 15 is 0 Å². The van der Waals surface area contributed by atoms with Crippen molar-refractivity contribution in [3.05, 3.63) is 73.2 Å². The lowest BCUT2D eigenvalue weighted by atomic mass is 10.1. The number of fused-ring (bicyclic) bond motifs is 1. The Kier molecular flexibility index (Phi) is 6.28. The van der Waals surface area contributed by atoms with Gasteiger partial charge in [0.2, 0.25) is 15.0 Å². The van der Waals surface area contributed by atoms with Crippen molar-refractivity contribution >= 4 is 28.7 Å². The number of hydrogen-bond acceptors (Lipinski definition) is 5. The third-order valence-electron chi connectivity index (χ3n) is 5.27. The highest BCUT2D eigenvalue weighted by Gasteiger charge is 2.26. The van der Waals surface area contributed by atoms with Crippen molar-refractivity contribution in [2.75, 3.05) is 6.61 Å². The summed E-state index contributed by atoms with van der Waals surface area (Å²) >= 11 is 0. The molecule has 0 unspecified atom stereocenters. The van der Waals surface area contributed by atoms with Gasteiger partial charge >= 0.3 is 0 Å². The summed E-state index contributed by atoms with van der Waals surface area (Å²) in [6, 6.07) is 17.3. The van der Waals surface area contributed by atoms with Gasteiger partial charge in [-0.3, -0.25) is 9.55 Å². The first-order chi connectivity index (χ1) is 15.3. The van der Waals surface area contributed by atoms with Crippen LogP contribution in [-0.2, 0) is 21.3 Å². The molecule has 0 aliphatic rings. The summed E-state index contributed by atoms with van der Waals surface area (Å²) in [5.41, 5.74) is 1.57. The molecule has 0 radical (unpaired) electrons. The third-order valence-corrected chi connectivity index (χ3v) is 8.67. The molecule has 8 heteroatoms. The summed E-state index contributed by atoms with van der Waals surface area (Å²) in [5, 5.41) is 2.03. The third kappa shape index (κ3) is 4.82. The van der Waals surface area contributed by atoms with Gasteiger partial charge in [0.25, 0.3) is 0 Å². The van der Waals surface area contributed by atoms with Gasteiger partial charge in [-0.25, -0.2) is 13.4 Å². The first kappa shape index (κ1) is 22.4. The largest absolute Gasteiger partial charge is 0.361 e. The van der Waals surface area contributed by atoms with Crippen LogP contribution in [0.1, 0.15) is 0 Å². The summed E-state index contributed by atoms with van der Waals surface area (Å²) < 4.78 is 34.3. The van der Waals surface area contributed by atoms with Gasteiger partial charge in [0.1, 0.15) is 6.73 Å². The maximum Gasteiger partial charge on any atom is 0.240 e. The second-order valence-corrected chi connectivity index (χ2v) is 16.4. The quantitative estimate of drug-likeness (QED) is 0.263. The molecule has 0 bridgehead atoms. The number of pyridine rings is 1. The lowest BCUT2D eigenvalue weighted by molar-refractivity contribution is 0.0820. The molecular weight excluding hydrogens is 438 g/mol. The lowest BCUT2D eigenvalue weighted by Crippen LogP contribution is -2.22. The van der Waals surface area contributed by atoms with E-state index in [1.165, 1.54) is 0 Å². The Hall–Kier alpha value is -2.81. The van der Waals surface area contributed by atoms with Crippen molar-refractivity contribution in [1.29, 1.82) is 0 Å². The zero-order valence-electron chi connectivity index (χ0n) is 18.5. The zero-order valence-corrected chi connectivity index (χ0v) is 20.3. The minimum Gasteiger partial charge on any atom is -0.361 e. The van der Waals surface area contributed by atoms with Crippen molar-refractivity contribution in [1.82, 2.24) is 14.5 Å². The summed E-state index contributed by atoms with van der Waals surface area (Å²) in [7, 11) is -5.06. The molecule has 2 aromatic heterocycles. The second kappa shape index (κ2) is 8.97. The van der Waals surface area contributed by atoms with Crippen LogP contribution < -0.4 is 0 Å². The predicted octanol–water partition coefficient (Wildman–Crippen LogP) is 5.24. The molecule has 6 nitrogen and oxygen atoms in total. The summed E-state index contributed by atoms with van der Waals surface area (Å²) in [6.07, 6.45) is 5.16. The van der Waals surface area contributed by atoms with Crippen LogP contribution in [0, 0.1) is 0 Å². The summed E-state index contributed by atoms with van der Waals surface area (Å²) in [6.45, 7) is 7.56. The number of hydrogen-bond donors (Lipinski definition) is 0. The Labute approximate surface area is 189 Å². The average Bonchev–Trinajstić information content (AvgIpc) is 3.21. The number of rotatable bonds is 8. The van der Waals surface area contributed by atoms with E-state index in [0.717, 1.165) is 22.4 Å².